The van der Waals surface area contributed by atoms with Crippen molar-refractivity contribution >= 4 is 22.6 Å². The molecule has 3 aromatic carbocycles. The zero-order valence-electron chi connectivity index (χ0n) is 17.0. The van der Waals surface area contributed by atoms with Crippen LogP contribution in [0.25, 0.3) is 16.7 Å². The van der Waals surface area contributed by atoms with E-state index in [1.165, 1.54) is 4.80 Å². The summed E-state index contributed by atoms with van der Waals surface area (Å²) in [4.78, 5) is 13.9. The van der Waals surface area contributed by atoms with Crippen molar-refractivity contribution in [2.24, 2.45) is 0 Å². The first-order valence-electron chi connectivity index (χ1n) is 9.80. The molecule has 1 aromatic heterocycles. The van der Waals surface area contributed by atoms with E-state index < -0.39 is 0 Å². The molecule has 0 atom stereocenters. The monoisotopic (exact) mass is 418 g/mol. The summed E-state index contributed by atoms with van der Waals surface area (Å²) in [6.07, 6.45) is 0.488. The number of ether oxygens (including phenoxy) is 2. The number of aliphatic hydroxyl groups excluding tert-OH is 1. The highest BCUT2D eigenvalue weighted by molar-refractivity contribution is 5.93. The highest BCUT2D eigenvalue weighted by Gasteiger charge is 2.14. The molecule has 0 radical (unpaired) electrons. The second kappa shape index (κ2) is 9.27. The molecule has 4 rings (SSSR count). The molecule has 0 saturated carbocycles. The highest BCUT2D eigenvalue weighted by atomic mass is 16.5. The summed E-state index contributed by atoms with van der Waals surface area (Å²) in [6, 6.07) is 20.1. The second-order valence-electron chi connectivity index (χ2n) is 6.79. The van der Waals surface area contributed by atoms with E-state index in [1.54, 1.807) is 25.3 Å². The zero-order valence-corrected chi connectivity index (χ0v) is 17.0. The predicted molar refractivity (Wildman–Crippen MR) is 117 cm³/mol. The van der Waals surface area contributed by atoms with E-state index in [9.17, 15) is 9.90 Å². The number of amides is 1. The van der Waals surface area contributed by atoms with Gasteiger partial charge in [-0.05, 0) is 48.4 Å². The fraction of sp³-hybridized carbons (Fsp3) is 0.174. The molecule has 158 valence electrons. The maximum absolute atomic E-state index is 12.4. The molecule has 1 heterocycles. The van der Waals surface area contributed by atoms with Gasteiger partial charge in [-0.2, -0.15) is 0 Å². The maximum Gasteiger partial charge on any atom is 0.262 e. The van der Waals surface area contributed by atoms with Gasteiger partial charge in [0.1, 0.15) is 28.2 Å². The first-order valence-corrected chi connectivity index (χ1v) is 9.80. The minimum Gasteiger partial charge on any atom is -0.495 e. The average Bonchev–Trinajstić information content (AvgIpc) is 3.23. The molecule has 0 spiro atoms. The van der Waals surface area contributed by atoms with Crippen LogP contribution in [-0.4, -0.2) is 46.3 Å². The van der Waals surface area contributed by atoms with E-state index >= 15 is 0 Å². The van der Waals surface area contributed by atoms with Gasteiger partial charge in [0.05, 0.1) is 12.8 Å². The molecule has 0 fully saturated rings. The third-order valence-corrected chi connectivity index (χ3v) is 4.67. The summed E-state index contributed by atoms with van der Waals surface area (Å²) >= 11 is 0. The topological polar surface area (TPSA) is 98.5 Å². The van der Waals surface area contributed by atoms with Crippen molar-refractivity contribution in [3.8, 4) is 17.2 Å². The largest absolute Gasteiger partial charge is 0.495 e. The number of rotatable bonds is 8. The van der Waals surface area contributed by atoms with Gasteiger partial charge in [-0.3, -0.25) is 4.79 Å². The van der Waals surface area contributed by atoms with Gasteiger partial charge in [-0.15, -0.1) is 15.0 Å². The van der Waals surface area contributed by atoms with E-state index in [0.29, 0.717) is 29.3 Å². The van der Waals surface area contributed by atoms with Crippen LogP contribution in [0, 0.1) is 0 Å². The molecular weight excluding hydrogens is 396 g/mol. The Kier molecular flexibility index (Phi) is 6.09. The number of nitrogens with one attached hydrogen (secondary N) is 1. The quantitative estimate of drug-likeness (QED) is 0.457. The van der Waals surface area contributed by atoms with Crippen molar-refractivity contribution in [3.63, 3.8) is 0 Å². The summed E-state index contributed by atoms with van der Waals surface area (Å²) in [5.74, 6) is 0.697. The lowest BCUT2D eigenvalue weighted by Gasteiger charge is -2.13. The summed E-state index contributed by atoms with van der Waals surface area (Å²) in [7, 11) is 1.54. The number of aliphatic hydroxyl groups is 1. The SMILES string of the molecule is COc1ccccc1NC(=O)COc1ccc(CCO)cc1-n1nc2ccccc2n1. The number of benzene rings is 3. The molecule has 0 saturated heterocycles. The average molecular weight is 418 g/mol. The van der Waals surface area contributed by atoms with Crippen LogP contribution in [0.1, 0.15) is 5.56 Å². The summed E-state index contributed by atoms with van der Waals surface area (Å²) in [6.45, 7) is -0.180. The second-order valence-corrected chi connectivity index (χ2v) is 6.79. The first-order chi connectivity index (χ1) is 15.2. The Morgan fingerprint density at radius 2 is 1.71 bits per heavy atom. The third kappa shape index (κ3) is 4.65. The standard InChI is InChI=1S/C23H22N4O4/c1-30-21-9-5-4-8-19(21)24-23(29)15-31-22-11-10-16(12-13-28)14-20(22)27-25-17-6-2-3-7-18(17)26-27/h2-11,14,28H,12-13,15H2,1H3,(H,24,29). The lowest BCUT2D eigenvalue weighted by atomic mass is 10.1. The zero-order chi connectivity index (χ0) is 21.6. The van der Waals surface area contributed by atoms with Crippen LogP contribution in [0.15, 0.2) is 66.7 Å². The van der Waals surface area contributed by atoms with Gasteiger partial charge in [0.2, 0.25) is 0 Å². The van der Waals surface area contributed by atoms with Gasteiger partial charge in [0.25, 0.3) is 5.91 Å². The van der Waals surface area contributed by atoms with Crippen LogP contribution in [-0.2, 0) is 11.2 Å². The van der Waals surface area contributed by atoms with Crippen molar-refractivity contribution in [2.75, 3.05) is 25.6 Å². The Labute approximate surface area is 179 Å². The van der Waals surface area contributed by atoms with Crippen molar-refractivity contribution in [3.05, 3.63) is 72.3 Å². The van der Waals surface area contributed by atoms with E-state index in [1.807, 2.05) is 48.5 Å². The van der Waals surface area contributed by atoms with Gasteiger partial charge < -0.3 is 19.9 Å². The third-order valence-electron chi connectivity index (χ3n) is 4.67. The normalized spacial score (nSPS) is 10.8. The Bertz CT molecular complexity index is 1170. The first kappa shape index (κ1) is 20.4. The summed E-state index contributed by atoms with van der Waals surface area (Å²) in [5, 5.41) is 21.1. The van der Waals surface area contributed by atoms with Crippen LogP contribution in [0.2, 0.25) is 0 Å². The molecule has 4 aromatic rings. The van der Waals surface area contributed by atoms with E-state index in [-0.39, 0.29) is 19.1 Å². The number of anilines is 1. The van der Waals surface area contributed by atoms with E-state index in [4.69, 9.17) is 9.47 Å². The number of fused-ring (bicyclic) bond motifs is 1. The number of carbonyl (C=O) groups is 1. The number of nitrogens with zero attached hydrogens (tertiary/aromatic N) is 3. The molecular formula is C23H22N4O4. The maximum atomic E-state index is 12.4. The molecule has 0 aliphatic carbocycles. The highest BCUT2D eigenvalue weighted by Crippen LogP contribution is 2.26. The molecule has 0 aliphatic heterocycles. The summed E-state index contributed by atoms with van der Waals surface area (Å²) < 4.78 is 11.1. The molecule has 8 nitrogen and oxygen atoms in total. The lowest BCUT2D eigenvalue weighted by molar-refractivity contribution is -0.118. The Balaban J connectivity index is 1.56. The van der Waals surface area contributed by atoms with Gasteiger partial charge in [0, 0.05) is 6.61 Å². The van der Waals surface area contributed by atoms with Crippen LogP contribution < -0.4 is 14.8 Å². The van der Waals surface area contributed by atoms with Gasteiger partial charge in [0.15, 0.2) is 6.61 Å². The molecule has 31 heavy (non-hydrogen) atoms. The van der Waals surface area contributed by atoms with E-state index in [2.05, 4.69) is 15.5 Å². The number of carbonyl (C=O) groups excluding carboxylic acids is 1. The summed E-state index contributed by atoms with van der Waals surface area (Å²) in [5.41, 5.74) is 3.55. The van der Waals surface area contributed by atoms with Crippen LogP contribution in [0.5, 0.6) is 11.5 Å². The molecule has 0 unspecified atom stereocenters. The van der Waals surface area contributed by atoms with E-state index in [0.717, 1.165) is 16.6 Å². The minimum absolute atomic E-state index is 0.0233. The smallest absolute Gasteiger partial charge is 0.262 e. The Hall–Kier alpha value is -3.91. The van der Waals surface area contributed by atoms with Crippen LogP contribution >= 0.6 is 0 Å². The van der Waals surface area contributed by atoms with Crippen molar-refractivity contribution in [1.82, 2.24) is 15.0 Å². The van der Waals surface area contributed by atoms with Crippen molar-refractivity contribution in [1.29, 1.82) is 0 Å². The van der Waals surface area contributed by atoms with Gasteiger partial charge in [-0.1, -0.05) is 30.3 Å². The number of aromatic nitrogens is 3. The lowest BCUT2D eigenvalue weighted by Crippen LogP contribution is -2.21. The molecule has 2 N–H and O–H groups in total. The number of para-hydroxylation sites is 2. The predicted octanol–water partition coefficient (Wildman–Crippen LogP) is 2.98. The number of hydrogen-bond acceptors (Lipinski definition) is 6. The van der Waals surface area contributed by atoms with Crippen LogP contribution in [0.4, 0.5) is 5.69 Å². The van der Waals surface area contributed by atoms with Crippen LogP contribution in [0.3, 0.4) is 0 Å². The van der Waals surface area contributed by atoms with Gasteiger partial charge in [-0.25, -0.2) is 0 Å². The molecule has 0 aliphatic rings. The Morgan fingerprint density at radius 3 is 2.42 bits per heavy atom. The Morgan fingerprint density at radius 1 is 1.00 bits per heavy atom. The molecule has 1 amide bonds. The number of hydrogen-bond donors (Lipinski definition) is 2. The fourth-order valence-corrected chi connectivity index (χ4v) is 3.17. The van der Waals surface area contributed by atoms with Crippen molar-refractivity contribution < 1.29 is 19.4 Å². The van der Waals surface area contributed by atoms with Crippen molar-refractivity contribution in [2.45, 2.75) is 6.42 Å². The molecule has 8 heteroatoms. The fourth-order valence-electron chi connectivity index (χ4n) is 3.17. The van der Waals surface area contributed by atoms with Gasteiger partial charge >= 0.3 is 0 Å². The minimum atomic E-state index is -0.325. The number of methoxy groups -OCH3 is 1. The molecule has 0 bridgehead atoms.